The molecule has 106 valence electrons. The number of aryl methyl sites for hydroxylation is 1. The maximum Gasteiger partial charge on any atom is 0.142 e. The van der Waals surface area contributed by atoms with Crippen molar-refractivity contribution in [1.82, 2.24) is 4.98 Å². The first-order valence-corrected chi connectivity index (χ1v) is 6.74. The smallest absolute Gasteiger partial charge is 0.142 e. The number of nitrogens with two attached hydrogens (primary N) is 1. The SMILES string of the molecule is COc1ccc(C)cc1Nc1c(N)cnc2ccccc12. The lowest BCUT2D eigenvalue weighted by Crippen LogP contribution is -2.00. The predicted molar refractivity (Wildman–Crippen MR) is 87.2 cm³/mol. The molecule has 0 unspecified atom stereocenters. The molecule has 0 spiro atoms. The third-order valence-electron chi connectivity index (χ3n) is 3.42. The number of nitrogen functional groups attached to an aromatic ring is 1. The first-order valence-electron chi connectivity index (χ1n) is 6.74. The van der Waals surface area contributed by atoms with Crippen molar-refractivity contribution in [2.75, 3.05) is 18.2 Å². The second-order valence-corrected chi connectivity index (χ2v) is 4.93. The molecule has 0 radical (unpaired) electrons. The molecule has 0 aliphatic rings. The van der Waals surface area contributed by atoms with E-state index in [-0.39, 0.29) is 0 Å². The number of rotatable bonds is 3. The maximum atomic E-state index is 6.10. The molecule has 1 aromatic heterocycles. The maximum absolute atomic E-state index is 6.10. The number of benzene rings is 2. The molecule has 21 heavy (non-hydrogen) atoms. The molecule has 0 saturated carbocycles. The molecule has 3 aromatic rings. The van der Waals surface area contributed by atoms with E-state index < -0.39 is 0 Å². The summed E-state index contributed by atoms with van der Waals surface area (Å²) in [6.45, 7) is 2.04. The number of hydrogen-bond acceptors (Lipinski definition) is 4. The largest absolute Gasteiger partial charge is 0.495 e. The standard InChI is InChI=1S/C17H17N3O/c1-11-7-8-16(21-2)15(9-11)20-17-12-5-3-4-6-14(12)19-10-13(17)18/h3-10H,18H2,1-2H3,(H,19,20). The Labute approximate surface area is 123 Å². The van der Waals surface area contributed by atoms with Gasteiger partial charge in [0.25, 0.3) is 0 Å². The summed E-state index contributed by atoms with van der Waals surface area (Å²) >= 11 is 0. The highest BCUT2D eigenvalue weighted by Crippen LogP contribution is 2.34. The number of hydrogen-bond donors (Lipinski definition) is 2. The Bertz CT molecular complexity index is 799. The van der Waals surface area contributed by atoms with Crippen LogP contribution in [0.15, 0.2) is 48.7 Å². The van der Waals surface area contributed by atoms with E-state index in [9.17, 15) is 0 Å². The van der Waals surface area contributed by atoms with Crippen LogP contribution in [0.3, 0.4) is 0 Å². The lowest BCUT2D eigenvalue weighted by molar-refractivity contribution is 0.416. The Morgan fingerprint density at radius 1 is 1.14 bits per heavy atom. The van der Waals surface area contributed by atoms with Crippen LogP contribution in [-0.4, -0.2) is 12.1 Å². The van der Waals surface area contributed by atoms with Crippen molar-refractivity contribution in [3.8, 4) is 5.75 Å². The van der Waals surface area contributed by atoms with E-state index in [4.69, 9.17) is 10.5 Å². The highest BCUT2D eigenvalue weighted by molar-refractivity contribution is 5.99. The molecule has 1 heterocycles. The van der Waals surface area contributed by atoms with E-state index in [0.29, 0.717) is 5.69 Å². The topological polar surface area (TPSA) is 60.2 Å². The van der Waals surface area contributed by atoms with Gasteiger partial charge >= 0.3 is 0 Å². The van der Waals surface area contributed by atoms with Gasteiger partial charge in [0.05, 0.1) is 35.9 Å². The van der Waals surface area contributed by atoms with Crippen molar-refractivity contribution in [3.63, 3.8) is 0 Å². The fourth-order valence-corrected chi connectivity index (χ4v) is 2.35. The normalized spacial score (nSPS) is 10.6. The minimum atomic E-state index is 0.609. The van der Waals surface area contributed by atoms with Crippen molar-refractivity contribution < 1.29 is 4.74 Å². The van der Waals surface area contributed by atoms with Crippen molar-refractivity contribution in [2.45, 2.75) is 6.92 Å². The van der Waals surface area contributed by atoms with Gasteiger partial charge in [-0.15, -0.1) is 0 Å². The first kappa shape index (κ1) is 13.2. The molecule has 3 N–H and O–H groups in total. The average molecular weight is 279 g/mol. The van der Waals surface area contributed by atoms with Crippen LogP contribution in [-0.2, 0) is 0 Å². The Hall–Kier alpha value is -2.75. The molecule has 0 saturated heterocycles. The number of methoxy groups -OCH3 is 1. The van der Waals surface area contributed by atoms with Crippen LogP contribution in [0.4, 0.5) is 17.1 Å². The Balaban J connectivity index is 2.14. The summed E-state index contributed by atoms with van der Waals surface area (Å²) in [7, 11) is 1.66. The lowest BCUT2D eigenvalue weighted by Gasteiger charge is -2.15. The molecule has 0 aliphatic carbocycles. The second kappa shape index (κ2) is 5.32. The van der Waals surface area contributed by atoms with E-state index in [1.165, 1.54) is 0 Å². The molecule has 4 heteroatoms. The molecule has 4 nitrogen and oxygen atoms in total. The molecule has 0 atom stereocenters. The third kappa shape index (κ3) is 2.48. The van der Waals surface area contributed by atoms with Crippen LogP contribution >= 0.6 is 0 Å². The quantitative estimate of drug-likeness (QED) is 0.764. The second-order valence-electron chi connectivity index (χ2n) is 4.93. The zero-order valence-electron chi connectivity index (χ0n) is 12.1. The summed E-state index contributed by atoms with van der Waals surface area (Å²) < 4.78 is 5.41. The summed E-state index contributed by atoms with van der Waals surface area (Å²) in [6.07, 6.45) is 1.67. The highest BCUT2D eigenvalue weighted by Gasteiger charge is 2.09. The monoisotopic (exact) mass is 279 g/mol. The summed E-state index contributed by atoms with van der Waals surface area (Å²) in [5, 5.41) is 4.37. The lowest BCUT2D eigenvalue weighted by atomic mass is 10.1. The Kier molecular flexibility index (Phi) is 3.36. The summed E-state index contributed by atoms with van der Waals surface area (Å²) in [6, 6.07) is 13.9. The van der Waals surface area contributed by atoms with E-state index in [1.54, 1.807) is 13.3 Å². The number of aromatic nitrogens is 1. The summed E-state index contributed by atoms with van der Waals surface area (Å²) in [4.78, 5) is 4.35. The van der Waals surface area contributed by atoms with Gasteiger partial charge in [-0.25, -0.2) is 0 Å². The molecular weight excluding hydrogens is 262 g/mol. The van der Waals surface area contributed by atoms with E-state index in [1.807, 2.05) is 49.4 Å². The predicted octanol–water partition coefficient (Wildman–Crippen LogP) is 3.88. The molecule has 0 amide bonds. The first-order chi connectivity index (χ1) is 10.2. The van der Waals surface area contributed by atoms with Gasteiger partial charge in [0.15, 0.2) is 0 Å². The minimum Gasteiger partial charge on any atom is -0.495 e. The highest BCUT2D eigenvalue weighted by atomic mass is 16.5. The molecule has 0 fully saturated rings. The van der Waals surface area contributed by atoms with Crippen molar-refractivity contribution in [2.24, 2.45) is 0 Å². The van der Waals surface area contributed by atoms with E-state index in [0.717, 1.165) is 33.6 Å². The number of fused-ring (bicyclic) bond motifs is 1. The van der Waals surface area contributed by atoms with Crippen molar-refractivity contribution in [1.29, 1.82) is 0 Å². The number of nitrogens with zero attached hydrogens (tertiary/aromatic N) is 1. The van der Waals surface area contributed by atoms with E-state index >= 15 is 0 Å². The van der Waals surface area contributed by atoms with Gasteiger partial charge in [-0.2, -0.15) is 0 Å². The number of pyridine rings is 1. The van der Waals surface area contributed by atoms with Crippen LogP contribution < -0.4 is 15.8 Å². The van der Waals surface area contributed by atoms with E-state index in [2.05, 4.69) is 10.3 Å². The number of nitrogens with one attached hydrogen (secondary N) is 1. The zero-order chi connectivity index (χ0) is 14.8. The zero-order valence-corrected chi connectivity index (χ0v) is 12.1. The van der Waals surface area contributed by atoms with Crippen molar-refractivity contribution >= 4 is 28.0 Å². The third-order valence-corrected chi connectivity index (χ3v) is 3.42. The van der Waals surface area contributed by atoms with Crippen LogP contribution in [0.25, 0.3) is 10.9 Å². The van der Waals surface area contributed by atoms with Crippen LogP contribution in [0.5, 0.6) is 5.75 Å². The Morgan fingerprint density at radius 2 is 1.95 bits per heavy atom. The van der Waals surface area contributed by atoms with Gasteiger partial charge in [-0.3, -0.25) is 4.98 Å². The molecule has 3 rings (SSSR count). The molecule has 0 bridgehead atoms. The number of para-hydroxylation sites is 1. The molecule has 2 aromatic carbocycles. The fourth-order valence-electron chi connectivity index (χ4n) is 2.35. The van der Waals surface area contributed by atoms with Gasteiger partial charge in [0, 0.05) is 5.39 Å². The number of ether oxygens (including phenoxy) is 1. The van der Waals surface area contributed by atoms with Gasteiger partial charge in [0.2, 0.25) is 0 Å². The van der Waals surface area contributed by atoms with Crippen LogP contribution in [0.2, 0.25) is 0 Å². The van der Waals surface area contributed by atoms with Gasteiger partial charge in [-0.1, -0.05) is 24.3 Å². The average Bonchev–Trinajstić information content (AvgIpc) is 2.50. The summed E-state index contributed by atoms with van der Waals surface area (Å²) in [5.41, 5.74) is 10.5. The van der Waals surface area contributed by atoms with Crippen LogP contribution in [0, 0.1) is 6.92 Å². The van der Waals surface area contributed by atoms with Gasteiger partial charge in [-0.05, 0) is 30.7 Å². The van der Waals surface area contributed by atoms with Crippen LogP contribution in [0.1, 0.15) is 5.56 Å². The fraction of sp³-hybridized carbons (Fsp3) is 0.118. The molecule has 0 aliphatic heterocycles. The van der Waals surface area contributed by atoms with Gasteiger partial charge in [0.1, 0.15) is 5.75 Å². The van der Waals surface area contributed by atoms with Gasteiger partial charge < -0.3 is 15.8 Å². The Morgan fingerprint density at radius 3 is 2.76 bits per heavy atom. The summed E-state index contributed by atoms with van der Waals surface area (Å²) in [5.74, 6) is 0.779. The minimum absolute atomic E-state index is 0.609. The van der Waals surface area contributed by atoms with Crippen molar-refractivity contribution in [3.05, 3.63) is 54.2 Å². The number of anilines is 3. The molecular formula is C17H17N3O.